The maximum absolute atomic E-state index is 6.16. The molecule has 4 heteroatoms. The maximum atomic E-state index is 6.16. The Bertz CT molecular complexity index is 301. The molecule has 1 heterocycles. The van der Waals surface area contributed by atoms with Crippen molar-refractivity contribution < 1.29 is 0 Å². The average molecular weight is 214 g/mol. The highest BCUT2D eigenvalue weighted by Crippen LogP contribution is 2.25. The Morgan fingerprint density at radius 3 is 2.86 bits per heavy atom. The maximum Gasteiger partial charge on any atom is 0.147 e. The van der Waals surface area contributed by atoms with Crippen molar-refractivity contribution in [3.05, 3.63) is 22.8 Å². The molecule has 0 aromatic carbocycles. The van der Waals surface area contributed by atoms with Crippen LogP contribution < -0.4 is 10.6 Å². The fourth-order valence-electron chi connectivity index (χ4n) is 1.34. The highest BCUT2D eigenvalue weighted by Gasteiger charge is 2.09. The van der Waals surface area contributed by atoms with Gasteiger partial charge in [-0.05, 0) is 18.1 Å². The zero-order valence-corrected chi connectivity index (χ0v) is 9.38. The molecule has 78 valence electrons. The van der Waals surface area contributed by atoms with Crippen LogP contribution >= 0.6 is 11.6 Å². The van der Waals surface area contributed by atoms with Gasteiger partial charge in [0.15, 0.2) is 0 Å². The highest BCUT2D eigenvalue weighted by atomic mass is 35.5. The number of halogens is 1. The Labute approximate surface area is 89.9 Å². The second kappa shape index (κ2) is 5.17. The van der Waals surface area contributed by atoms with Crippen molar-refractivity contribution in [2.75, 3.05) is 18.5 Å². The molecule has 0 amide bonds. The van der Waals surface area contributed by atoms with Crippen LogP contribution in [0.4, 0.5) is 5.82 Å². The Morgan fingerprint density at radius 1 is 1.57 bits per heavy atom. The van der Waals surface area contributed by atoms with Crippen molar-refractivity contribution >= 4 is 17.4 Å². The van der Waals surface area contributed by atoms with E-state index in [1.54, 1.807) is 6.20 Å². The van der Waals surface area contributed by atoms with Crippen molar-refractivity contribution in [1.82, 2.24) is 4.98 Å². The molecular formula is C10H16ClN3. The van der Waals surface area contributed by atoms with Gasteiger partial charge >= 0.3 is 0 Å². The second-order valence-corrected chi connectivity index (χ2v) is 3.61. The normalized spacial score (nSPS) is 10.3. The lowest BCUT2D eigenvalue weighted by molar-refractivity contribution is 0.835. The molecule has 0 aliphatic heterocycles. The molecule has 0 spiro atoms. The van der Waals surface area contributed by atoms with E-state index in [2.05, 4.69) is 11.9 Å². The van der Waals surface area contributed by atoms with Crippen LogP contribution in [0.3, 0.4) is 0 Å². The Balaban J connectivity index is 2.96. The van der Waals surface area contributed by atoms with Crippen LogP contribution in [0.5, 0.6) is 0 Å². The summed E-state index contributed by atoms with van der Waals surface area (Å²) in [7, 11) is 1.98. The van der Waals surface area contributed by atoms with E-state index < -0.39 is 0 Å². The van der Waals surface area contributed by atoms with E-state index in [1.165, 1.54) is 0 Å². The predicted octanol–water partition coefficient (Wildman–Crippen LogP) is 2.04. The van der Waals surface area contributed by atoms with Crippen molar-refractivity contribution in [3.8, 4) is 0 Å². The fraction of sp³-hybridized carbons (Fsp3) is 0.500. The second-order valence-electron chi connectivity index (χ2n) is 3.23. The summed E-state index contributed by atoms with van der Waals surface area (Å²) in [6.45, 7) is 3.52. The lowest BCUT2D eigenvalue weighted by Gasteiger charge is -2.19. The lowest BCUT2D eigenvalue weighted by Crippen LogP contribution is -2.20. The van der Waals surface area contributed by atoms with Crippen LogP contribution in [0, 0.1) is 0 Å². The van der Waals surface area contributed by atoms with Crippen LogP contribution in [0.25, 0.3) is 0 Å². The molecule has 0 aliphatic carbocycles. The van der Waals surface area contributed by atoms with Gasteiger partial charge in [0.25, 0.3) is 0 Å². The summed E-state index contributed by atoms with van der Waals surface area (Å²) in [5.41, 5.74) is 6.51. The summed E-state index contributed by atoms with van der Waals surface area (Å²) >= 11 is 6.16. The summed E-state index contributed by atoms with van der Waals surface area (Å²) < 4.78 is 0. The zero-order chi connectivity index (χ0) is 10.6. The van der Waals surface area contributed by atoms with Crippen LogP contribution in [-0.2, 0) is 6.54 Å². The molecule has 0 saturated heterocycles. The van der Waals surface area contributed by atoms with Crippen molar-refractivity contribution in [2.45, 2.75) is 19.9 Å². The number of anilines is 1. The minimum atomic E-state index is 0.453. The van der Waals surface area contributed by atoms with Gasteiger partial charge in [-0.15, -0.1) is 0 Å². The quantitative estimate of drug-likeness (QED) is 0.833. The third-order valence-corrected chi connectivity index (χ3v) is 2.50. The molecule has 2 N–H and O–H groups in total. The topological polar surface area (TPSA) is 42.2 Å². The van der Waals surface area contributed by atoms with Gasteiger partial charge in [0.1, 0.15) is 5.82 Å². The standard InChI is InChI=1S/C10H16ClN3/c1-3-6-14(2)10-9(11)8(7-12)4-5-13-10/h4-5H,3,6-7,12H2,1-2H3. The van der Waals surface area contributed by atoms with Gasteiger partial charge in [0.2, 0.25) is 0 Å². The number of pyridine rings is 1. The van der Waals surface area contributed by atoms with Gasteiger partial charge in [-0.3, -0.25) is 0 Å². The molecule has 1 rings (SSSR count). The first-order chi connectivity index (χ1) is 6.70. The number of hydrogen-bond donors (Lipinski definition) is 1. The fourth-order valence-corrected chi connectivity index (χ4v) is 1.67. The van der Waals surface area contributed by atoms with E-state index >= 15 is 0 Å². The van der Waals surface area contributed by atoms with Gasteiger partial charge in [-0.1, -0.05) is 18.5 Å². The van der Waals surface area contributed by atoms with E-state index in [1.807, 2.05) is 18.0 Å². The number of nitrogens with two attached hydrogens (primary N) is 1. The van der Waals surface area contributed by atoms with Gasteiger partial charge in [-0.25, -0.2) is 4.98 Å². The molecule has 0 atom stereocenters. The van der Waals surface area contributed by atoms with E-state index in [0.717, 1.165) is 24.3 Å². The Morgan fingerprint density at radius 2 is 2.29 bits per heavy atom. The van der Waals surface area contributed by atoms with Gasteiger partial charge in [0.05, 0.1) is 5.02 Å². The molecule has 0 fully saturated rings. The first kappa shape index (κ1) is 11.3. The largest absolute Gasteiger partial charge is 0.358 e. The summed E-state index contributed by atoms with van der Waals surface area (Å²) in [5.74, 6) is 0.816. The van der Waals surface area contributed by atoms with E-state index in [9.17, 15) is 0 Å². The van der Waals surface area contributed by atoms with Gasteiger partial charge < -0.3 is 10.6 Å². The number of rotatable bonds is 4. The first-order valence-corrected chi connectivity index (χ1v) is 5.13. The van der Waals surface area contributed by atoms with Crippen LogP contribution in [0.2, 0.25) is 5.02 Å². The molecule has 1 aromatic rings. The van der Waals surface area contributed by atoms with E-state index in [4.69, 9.17) is 17.3 Å². The molecule has 0 bridgehead atoms. The summed E-state index contributed by atoms with van der Waals surface area (Å²) in [6.07, 6.45) is 2.82. The van der Waals surface area contributed by atoms with Crippen LogP contribution in [0.1, 0.15) is 18.9 Å². The molecule has 0 aliphatic rings. The third kappa shape index (κ3) is 2.36. The first-order valence-electron chi connectivity index (χ1n) is 4.75. The number of hydrogen-bond acceptors (Lipinski definition) is 3. The summed E-state index contributed by atoms with van der Waals surface area (Å²) in [4.78, 5) is 6.29. The van der Waals surface area contributed by atoms with Crippen LogP contribution in [-0.4, -0.2) is 18.6 Å². The minimum absolute atomic E-state index is 0.453. The predicted molar refractivity (Wildman–Crippen MR) is 60.7 cm³/mol. The third-order valence-electron chi connectivity index (χ3n) is 2.09. The molecule has 0 saturated carbocycles. The highest BCUT2D eigenvalue weighted by molar-refractivity contribution is 6.33. The SMILES string of the molecule is CCCN(C)c1nccc(CN)c1Cl. The molecular weight excluding hydrogens is 198 g/mol. The van der Waals surface area contributed by atoms with Crippen molar-refractivity contribution in [1.29, 1.82) is 0 Å². The summed E-state index contributed by atoms with van der Waals surface area (Å²) in [5, 5.41) is 0.672. The molecule has 1 aromatic heterocycles. The number of aromatic nitrogens is 1. The smallest absolute Gasteiger partial charge is 0.147 e. The summed E-state index contributed by atoms with van der Waals surface area (Å²) in [6, 6.07) is 1.85. The molecule has 0 radical (unpaired) electrons. The molecule has 0 unspecified atom stereocenters. The minimum Gasteiger partial charge on any atom is -0.358 e. The monoisotopic (exact) mass is 213 g/mol. The van der Waals surface area contributed by atoms with Gasteiger partial charge in [-0.2, -0.15) is 0 Å². The lowest BCUT2D eigenvalue weighted by atomic mass is 10.2. The Hall–Kier alpha value is -0.800. The van der Waals surface area contributed by atoms with Gasteiger partial charge in [0, 0.05) is 26.3 Å². The van der Waals surface area contributed by atoms with E-state index in [0.29, 0.717) is 11.6 Å². The molecule has 3 nitrogen and oxygen atoms in total. The zero-order valence-electron chi connectivity index (χ0n) is 8.63. The van der Waals surface area contributed by atoms with E-state index in [-0.39, 0.29) is 0 Å². The Kier molecular flexibility index (Phi) is 4.17. The molecule has 14 heavy (non-hydrogen) atoms. The number of nitrogens with zero attached hydrogens (tertiary/aromatic N) is 2. The van der Waals surface area contributed by atoms with Crippen LogP contribution in [0.15, 0.2) is 12.3 Å². The van der Waals surface area contributed by atoms with Crippen molar-refractivity contribution in [2.24, 2.45) is 5.73 Å². The van der Waals surface area contributed by atoms with Crippen molar-refractivity contribution in [3.63, 3.8) is 0 Å². The average Bonchev–Trinajstić information content (AvgIpc) is 2.18.